The Morgan fingerprint density at radius 3 is 2.41 bits per heavy atom. The summed E-state index contributed by atoms with van der Waals surface area (Å²) in [6.45, 7) is 0.417. The van der Waals surface area contributed by atoms with E-state index in [1.807, 2.05) is 0 Å². The first-order valence-corrected chi connectivity index (χ1v) is 10.4. The lowest BCUT2D eigenvalue weighted by Crippen LogP contribution is -2.25. The van der Waals surface area contributed by atoms with Crippen LogP contribution in [-0.4, -0.2) is 25.9 Å². The number of rotatable bonds is 8. The number of amides is 1. The Morgan fingerprint density at radius 2 is 1.76 bits per heavy atom. The molecule has 29 heavy (non-hydrogen) atoms. The predicted octanol–water partition coefficient (Wildman–Crippen LogP) is 2.42. The van der Waals surface area contributed by atoms with Crippen molar-refractivity contribution in [3.63, 3.8) is 0 Å². The van der Waals surface area contributed by atoms with Crippen LogP contribution in [-0.2, 0) is 27.7 Å². The van der Waals surface area contributed by atoms with Gasteiger partial charge >= 0.3 is 0 Å². The molecule has 3 N–H and O–H groups in total. The number of oxazole rings is 1. The van der Waals surface area contributed by atoms with Gasteiger partial charge in [0.1, 0.15) is 5.82 Å². The molecule has 2 aromatic carbocycles. The fourth-order valence-electron chi connectivity index (χ4n) is 2.67. The van der Waals surface area contributed by atoms with Crippen molar-refractivity contribution in [2.24, 2.45) is 5.14 Å². The van der Waals surface area contributed by atoms with Gasteiger partial charge in [-0.3, -0.25) is 4.79 Å². The Labute approximate surface area is 167 Å². The van der Waals surface area contributed by atoms with Crippen LogP contribution in [0.25, 0.3) is 11.3 Å². The summed E-state index contributed by atoms with van der Waals surface area (Å²) < 4.78 is 41.0. The van der Waals surface area contributed by atoms with Gasteiger partial charge in [0.25, 0.3) is 0 Å². The Bertz CT molecular complexity index is 1080. The summed E-state index contributed by atoms with van der Waals surface area (Å²) in [5.41, 5.74) is 1.59. The number of carbonyl (C=O) groups excluding carboxylic acids is 1. The van der Waals surface area contributed by atoms with Crippen molar-refractivity contribution in [1.82, 2.24) is 10.3 Å². The molecule has 0 unspecified atom stereocenters. The van der Waals surface area contributed by atoms with Crippen molar-refractivity contribution in [2.45, 2.75) is 24.2 Å². The van der Waals surface area contributed by atoms with Crippen LogP contribution >= 0.6 is 0 Å². The van der Waals surface area contributed by atoms with Crippen molar-refractivity contribution >= 4 is 15.9 Å². The quantitative estimate of drug-likeness (QED) is 0.584. The van der Waals surface area contributed by atoms with Crippen molar-refractivity contribution in [3.05, 3.63) is 72.0 Å². The van der Waals surface area contributed by atoms with E-state index in [0.29, 0.717) is 36.6 Å². The lowest BCUT2D eigenvalue weighted by molar-refractivity contribution is -0.121. The first-order chi connectivity index (χ1) is 13.8. The van der Waals surface area contributed by atoms with E-state index in [4.69, 9.17) is 9.56 Å². The molecule has 152 valence electrons. The maximum Gasteiger partial charge on any atom is 0.238 e. The topological polar surface area (TPSA) is 115 Å². The maximum atomic E-state index is 13.0. The van der Waals surface area contributed by atoms with E-state index in [1.165, 1.54) is 24.3 Å². The Kier molecular flexibility index (Phi) is 6.40. The second-order valence-corrected chi connectivity index (χ2v) is 7.98. The van der Waals surface area contributed by atoms with Gasteiger partial charge in [0, 0.05) is 24.9 Å². The van der Waals surface area contributed by atoms with Gasteiger partial charge < -0.3 is 9.73 Å². The van der Waals surface area contributed by atoms with E-state index >= 15 is 0 Å². The van der Waals surface area contributed by atoms with E-state index in [0.717, 1.165) is 5.56 Å². The number of hydrogen-bond donors (Lipinski definition) is 2. The summed E-state index contributed by atoms with van der Waals surface area (Å²) in [6, 6.07) is 12.1. The van der Waals surface area contributed by atoms with Gasteiger partial charge in [-0.15, -0.1) is 0 Å². The van der Waals surface area contributed by atoms with Gasteiger partial charge in [0.15, 0.2) is 11.7 Å². The van der Waals surface area contributed by atoms with Gasteiger partial charge in [0.2, 0.25) is 15.9 Å². The number of nitrogens with zero attached hydrogens (tertiary/aromatic N) is 1. The maximum absolute atomic E-state index is 13.0. The third kappa shape index (κ3) is 5.97. The summed E-state index contributed by atoms with van der Waals surface area (Å²) in [4.78, 5) is 16.2. The molecule has 0 saturated carbocycles. The van der Waals surface area contributed by atoms with Gasteiger partial charge in [-0.05, 0) is 48.4 Å². The molecule has 7 nitrogen and oxygen atoms in total. The highest BCUT2D eigenvalue weighted by atomic mass is 32.2. The summed E-state index contributed by atoms with van der Waals surface area (Å²) >= 11 is 0. The minimum absolute atomic E-state index is 0.0521. The number of aryl methyl sites for hydroxylation is 1. The van der Waals surface area contributed by atoms with Crippen LogP contribution < -0.4 is 10.5 Å². The predicted molar refractivity (Wildman–Crippen MR) is 105 cm³/mol. The average Bonchev–Trinajstić information content (AvgIpc) is 3.16. The number of benzene rings is 2. The van der Waals surface area contributed by atoms with Gasteiger partial charge in [-0.1, -0.05) is 12.1 Å². The molecule has 1 amide bonds. The van der Waals surface area contributed by atoms with E-state index in [-0.39, 0.29) is 23.0 Å². The normalized spacial score (nSPS) is 11.4. The third-order valence-corrected chi connectivity index (χ3v) is 5.17. The van der Waals surface area contributed by atoms with Gasteiger partial charge in [-0.2, -0.15) is 0 Å². The number of carbonyl (C=O) groups is 1. The second-order valence-electron chi connectivity index (χ2n) is 6.41. The van der Waals surface area contributed by atoms with E-state index in [9.17, 15) is 17.6 Å². The van der Waals surface area contributed by atoms with Crippen LogP contribution in [0, 0.1) is 5.82 Å². The highest BCUT2D eigenvalue weighted by molar-refractivity contribution is 7.89. The number of aromatic nitrogens is 1. The van der Waals surface area contributed by atoms with Crippen molar-refractivity contribution in [2.75, 3.05) is 6.54 Å². The van der Waals surface area contributed by atoms with Crippen LogP contribution in [0.2, 0.25) is 0 Å². The fourth-order valence-corrected chi connectivity index (χ4v) is 3.19. The molecule has 0 radical (unpaired) electrons. The Balaban J connectivity index is 1.43. The summed E-state index contributed by atoms with van der Waals surface area (Å²) in [6.07, 6.45) is 2.67. The molecule has 0 saturated heterocycles. The SMILES string of the molecule is NS(=O)(=O)c1ccc(CCNC(=O)CCc2ncc(-c3ccc(F)cc3)o2)cc1. The van der Waals surface area contributed by atoms with Crippen LogP contribution in [0.3, 0.4) is 0 Å². The number of nitrogens with one attached hydrogen (secondary N) is 1. The van der Waals surface area contributed by atoms with Crippen LogP contribution in [0.5, 0.6) is 0 Å². The molecule has 3 rings (SSSR count). The van der Waals surface area contributed by atoms with Crippen LogP contribution in [0.1, 0.15) is 17.9 Å². The van der Waals surface area contributed by atoms with E-state index in [1.54, 1.807) is 30.5 Å². The Hall–Kier alpha value is -3.04. The zero-order valence-corrected chi connectivity index (χ0v) is 16.3. The highest BCUT2D eigenvalue weighted by Gasteiger charge is 2.10. The van der Waals surface area contributed by atoms with E-state index in [2.05, 4.69) is 10.3 Å². The van der Waals surface area contributed by atoms with Gasteiger partial charge in [-0.25, -0.2) is 22.9 Å². The molecule has 9 heteroatoms. The molecule has 0 bridgehead atoms. The fraction of sp³-hybridized carbons (Fsp3) is 0.200. The number of sulfonamides is 1. The Morgan fingerprint density at radius 1 is 1.07 bits per heavy atom. The number of nitrogens with two attached hydrogens (primary N) is 1. The second kappa shape index (κ2) is 8.97. The molecule has 0 fully saturated rings. The molecular formula is C20H20FN3O4S. The molecule has 3 aromatic rings. The molecule has 1 aromatic heterocycles. The molecule has 1 heterocycles. The molecule has 0 aliphatic carbocycles. The monoisotopic (exact) mass is 417 g/mol. The van der Waals surface area contributed by atoms with Crippen molar-refractivity contribution < 1.29 is 22.0 Å². The molecular weight excluding hydrogens is 397 g/mol. The smallest absolute Gasteiger partial charge is 0.238 e. The summed E-state index contributed by atoms with van der Waals surface area (Å²) in [5, 5.41) is 7.85. The van der Waals surface area contributed by atoms with Crippen LogP contribution in [0.4, 0.5) is 4.39 Å². The largest absolute Gasteiger partial charge is 0.441 e. The average molecular weight is 417 g/mol. The van der Waals surface area contributed by atoms with Gasteiger partial charge in [0.05, 0.1) is 11.1 Å². The minimum Gasteiger partial charge on any atom is -0.441 e. The van der Waals surface area contributed by atoms with Crippen molar-refractivity contribution in [1.29, 1.82) is 0 Å². The zero-order valence-electron chi connectivity index (χ0n) is 15.5. The number of primary sulfonamides is 1. The standard InChI is InChI=1S/C20H20FN3O4S/c21-16-5-3-15(4-6-16)18-13-24-20(28-18)10-9-19(25)23-12-11-14-1-7-17(8-2-14)29(22,26)27/h1-8,13H,9-12H2,(H,23,25)(H2,22,26,27). The van der Waals surface area contributed by atoms with Crippen molar-refractivity contribution in [3.8, 4) is 11.3 Å². The number of hydrogen-bond acceptors (Lipinski definition) is 5. The molecule has 0 spiro atoms. The first-order valence-electron chi connectivity index (χ1n) is 8.90. The molecule has 0 aliphatic rings. The molecule has 0 aliphatic heterocycles. The summed E-state index contributed by atoms with van der Waals surface area (Å²) in [7, 11) is -3.71. The third-order valence-electron chi connectivity index (χ3n) is 4.24. The van der Waals surface area contributed by atoms with Crippen LogP contribution in [0.15, 0.2) is 64.0 Å². The highest BCUT2D eigenvalue weighted by Crippen LogP contribution is 2.21. The minimum atomic E-state index is -3.71. The summed E-state index contributed by atoms with van der Waals surface area (Å²) in [5.74, 6) is 0.472. The lowest BCUT2D eigenvalue weighted by atomic mass is 10.1. The first kappa shape index (κ1) is 20.7. The zero-order chi connectivity index (χ0) is 20.9. The lowest BCUT2D eigenvalue weighted by Gasteiger charge is -2.05. The number of halogens is 1. The molecule has 0 atom stereocenters. The van der Waals surface area contributed by atoms with E-state index < -0.39 is 10.0 Å².